The molecule has 4 nitrogen and oxygen atoms in total. The topological polar surface area (TPSA) is 24.3 Å². The van der Waals surface area contributed by atoms with Crippen LogP contribution in [0.2, 0.25) is 0 Å². The van der Waals surface area contributed by atoms with E-state index in [4.69, 9.17) is 4.98 Å². The number of aromatic nitrogens is 2. The Bertz CT molecular complexity index is 3500. The van der Waals surface area contributed by atoms with Crippen molar-refractivity contribution in [3.8, 4) is 16.3 Å². The Morgan fingerprint density at radius 3 is 1.58 bits per heavy atom. The monoisotopic (exact) mass is 810 g/mol. The largest absolute Gasteiger partial charge is 0.310 e. The molecule has 0 bridgehead atoms. The van der Waals surface area contributed by atoms with Crippen molar-refractivity contribution in [1.82, 2.24) is 9.55 Å². The van der Waals surface area contributed by atoms with Crippen molar-refractivity contribution >= 4 is 99.0 Å². The van der Waals surface area contributed by atoms with Crippen LogP contribution in [0.15, 0.2) is 231 Å². The van der Waals surface area contributed by atoms with Gasteiger partial charge in [0.1, 0.15) is 5.01 Å². The van der Waals surface area contributed by atoms with Gasteiger partial charge < -0.3 is 14.4 Å². The highest BCUT2D eigenvalue weighted by molar-refractivity contribution is 7.22. The standard InChI is InChI=1S/C57H38N4S/c1-4-18-40(19-5-1)59(43-36-34-39(35-37-43)57-58-55-48-28-12-10-26-46(48)47-27-11-13-29-49(47)56(55)62-57)44-24-16-25-45(38-44)60(41-20-6-2-7-21-41)52-32-17-33-53-54(52)50-30-14-15-31-51(50)61(53)42-22-8-3-9-23-42/h1-38H. The molecule has 0 amide bonds. The van der Waals surface area contributed by atoms with Crippen LogP contribution in [0.5, 0.6) is 0 Å². The number of anilines is 6. The van der Waals surface area contributed by atoms with Gasteiger partial charge in [-0.25, -0.2) is 4.98 Å². The summed E-state index contributed by atoms with van der Waals surface area (Å²) in [6.07, 6.45) is 0. The molecule has 0 aliphatic carbocycles. The zero-order valence-corrected chi connectivity index (χ0v) is 34.5. The molecule has 10 aromatic carbocycles. The van der Waals surface area contributed by atoms with Gasteiger partial charge in [0.05, 0.1) is 26.9 Å². The number of benzene rings is 10. The second-order valence-corrected chi connectivity index (χ2v) is 16.6. The number of fused-ring (bicyclic) bond motifs is 9. The normalized spacial score (nSPS) is 11.5. The quantitative estimate of drug-likeness (QED) is 0.143. The fraction of sp³-hybridized carbons (Fsp3) is 0. The SMILES string of the molecule is c1ccc(N(c2ccc(-c3nc4c5ccccc5c5ccccc5c4s3)cc2)c2cccc(N(c3ccccc3)c3cccc4c3c3ccccc3n4-c3ccccc3)c2)cc1. The summed E-state index contributed by atoms with van der Waals surface area (Å²) in [7, 11) is 0. The average Bonchev–Trinajstić information content (AvgIpc) is 3.95. The van der Waals surface area contributed by atoms with Crippen LogP contribution < -0.4 is 9.80 Å². The number of nitrogens with zero attached hydrogens (tertiary/aromatic N) is 4. The van der Waals surface area contributed by atoms with Gasteiger partial charge in [0.2, 0.25) is 0 Å². The maximum Gasteiger partial charge on any atom is 0.124 e. The molecule has 0 aliphatic heterocycles. The molecule has 0 fully saturated rings. The van der Waals surface area contributed by atoms with Crippen LogP contribution in [0.1, 0.15) is 0 Å². The first-order chi connectivity index (χ1) is 30.8. The van der Waals surface area contributed by atoms with Crippen LogP contribution in [0.25, 0.3) is 69.8 Å². The van der Waals surface area contributed by atoms with Crippen molar-refractivity contribution in [3.63, 3.8) is 0 Å². The summed E-state index contributed by atoms with van der Waals surface area (Å²) >= 11 is 1.77. The van der Waals surface area contributed by atoms with Crippen LogP contribution >= 0.6 is 11.3 Å². The minimum Gasteiger partial charge on any atom is -0.310 e. The number of hydrogen-bond donors (Lipinski definition) is 0. The number of thiazole rings is 1. The van der Waals surface area contributed by atoms with Crippen LogP contribution in [-0.4, -0.2) is 9.55 Å². The molecular formula is C57H38N4S. The maximum absolute atomic E-state index is 5.30. The second kappa shape index (κ2) is 14.9. The summed E-state index contributed by atoms with van der Waals surface area (Å²) in [6.45, 7) is 0. The first kappa shape index (κ1) is 35.9. The van der Waals surface area contributed by atoms with Gasteiger partial charge in [-0.2, -0.15) is 0 Å². The van der Waals surface area contributed by atoms with Gasteiger partial charge >= 0.3 is 0 Å². The molecule has 0 saturated heterocycles. The minimum atomic E-state index is 1.02. The average molecular weight is 811 g/mol. The second-order valence-electron chi connectivity index (χ2n) is 15.6. The van der Waals surface area contributed by atoms with E-state index < -0.39 is 0 Å². The number of hydrogen-bond acceptors (Lipinski definition) is 4. The molecule has 0 saturated carbocycles. The molecule has 2 heterocycles. The molecule has 2 aromatic heterocycles. The van der Waals surface area contributed by atoms with E-state index in [1.165, 1.54) is 42.5 Å². The third-order valence-electron chi connectivity index (χ3n) is 11.9. The number of rotatable bonds is 8. The van der Waals surface area contributed by atoms with Crippen molar-refractivity contribution in [3.05, 3.63) is 231 Å². The van der Waals surface area contributed by atoms with E-state index in [-0.39, 0.29) is 0 Å². The van der Waals surface area contributed by atoms with Gasteiger partial charge in [0.25, 0.3) is 0 Å². The Labute approximate surface area is 363 Å². The van der Waals surface area contributed by atoms with Crippen LogP contribution in [0, 0.1) is 0 Å². The third kappa shape index (κ3) is 5.93. The smallest absolute Gasteiger partial charge is 0.124 e. The van der Waals surface area contributed by atoms with Crippen molar-refractivity contribution < 1.29 is 0 Å². The van der Waals surface area contributed by atoms with E-state index in [0.29, 0.717) is 0 Å². The highest BCUT2D eigenvalue weighted by Crippen LogP contribution is 2.46. The lowest BCUT2D eigenvalue weighted by molar-refractivity contribution is 1.18. The first-order valence-electron chi connectivity index (χ1n) is 21.0. The highest BCUT2D eigenvalue weighted by Gasteiger charge is 2.23. The highest BCUT2D eigenvalue weighted by atomic mass is 32.1. The van der Waals surface area contributed by atoms with Gasteiger partial charge in [-0.3, -0.25) is 0 Å². The van der Waals surface area contributed by atoms with Crippen LogP contribution in [0.4, 0.5) is 34.1 Å². The Balaban J connectivity index is 0.995. The third-order valence-corrected chi connectivity index (χ3v) is 13.1. The predicted molar refractivity (Wildman–Crippen MR) is 264 cm³/mol. The lowest BCUT2D eigenvalue weighted by Crippen LogP contribution is -2.13. The van der Waals surface area contributed by atoms with Gasteiger partial charge in [-0.15, -0.1) is 11.3 Å². The Hall–Kier alpha value is -7.99. The van der Waals surface area contributed by atoms with Crippen molar-refractivity contribution in [2.45, 2.75) is 0 Å². The predicted octanol–water partition coefficient (Wildman–Crippen LogP) is 16.3. The van der Waals surface area contributed by atoms with Crippen molar-refractivity contribution in [1.29, 1.82) is 0 Å². The molecule has 0 radical (unpaired) electrons. The molecule has 0 aliphatic rings. The molecule has 12 aromatic rings. The minimum absolute atomic E-state index is 1.02. The Morgan fingerprint density at radius 2 is 0.871 bits per heavy atom. The van der Waals surface area contributed by atoms with E-state index in [9.17, 15) is 0 Å². The Morgan fingerprint density at radius 1 is 0.371 bits per heavy atom. The van der Waals surface area contributed by atoms with E-state index in [1.807, 2.05) is 0 Å². The lowest BCUT2D eigenvalue weighted by atomic mass is 10.0. The number of para-hydroxylation sites is 4. The summed E-state index contributed by atoms with van der Waals surface area (Å²) < 4.78 is 3.61. The van der Waals surface area contributed by atoms with Crippen LogP contribution in [0.3, 0.4) is 0 Å². The Kier molecular flexibility index (Phi) is 8.65. The summed E-state index contributed by atoms with van der Waals surface area (Å²) in [5.41, 5.74) is 12.1. The van der Waals surface area contributed by atoms with Crippen molar-refractivity contribution in [2.24, 2.45) is 0 Å². The summed E-state index contributed by atoms with van der Waals surface area (Å²) in [5, 5.41) is 8.38. The summed E-state index contributed by atoms with van der Waals surface area (Å²) in [6, 6.07) is 82.6. The molecular weight excluding hydrogens is 773 g/mol. The molecule has 292 valence electrons. The van der Waals surface area contributed by atoms with E-state index >= 15 is 0 Å². The van der Waals surface area contributed by atoms with Gasteiger partial charge in [-0.05, 0) is 108 Å². The summed E-state index contributed by atoms with van der Waals surface area (Å²) in [4.78, 5) is 10.0. The molecule has 0 atom stereocenters. The first-order valence-corrected chi connectivity index (χ1v) is 21.8. The van der Waals surface area contributed by atoms with Crippen molar-refractivity contribution in [2.75, 3.05) is 9.80 Å². The van der Waals surface area contributed by atoms with Gasteiger partial charge in [0, 0.05) is 61.2 Å². The van der Waals surface area contributed by atoms with E-state index in [1.54, 1.807) is 11.3 Å². The molecule has 12 rings (SSSR count). The van der Waals surface area contributed by atoms with E-state index in [2.05, 4.69) is 245 Å². The zero-order valence-electron chi connectivity index (χ0n) is 33.6. The molecule has 0 unspecified atom stereocenters. The van der Waals surface area contributed by atoms with Gasteiger partial charge in [-0.1, -0.05) is 133 Å². The molecule has 0 spiro atoms. The molecule has 0 N–H and O–H groups in total. The fourth-order valence-electron chi connectivity index (χ4n) is 9.24. The van der Waals surface area contributed by atoms with E-state index in [0.717, 1.165) is 61.4 Å². The maximum atomic E-state index is 5.30. The fourth-order valence-corrected chi connectivity index (χ4v) is 10.4. The van der Waals surface area contributed by atoms with Crippen LogP contribution in [-0.2, 0) is 0 Å². The van der Waals surface area contributed by atoms with Gasteiger partial charge in [0.15, 0.2) is 0 Å². The summed E-state index contributed by atoms with van der Waals surface area (Å²) in [5.74, 6) is 0. The lowest BCUT2D eigenvalue weighted by Gasteiger charge is -2.30. The zero-order chi connectivity index (χ0) is 41.0. The molecule has 5 heteroatoms. The molecule has 62 heavy (non-hydrogen) atoms.